The van der Waals surface area contributed by atoms with Crippen LogP contribution in [0.4, 0.5) is 17.3 Å². The molecule has 164 valence electrons. The van der Waals surface area contributed by atoms with Crippen LogP contribution in [0.3, 0.4) is 0 Å². The second-order valence-corrected chi connectivity index (χ2v) is 8.15. The molecule has 0 amide bonds. The molecule has 0 unspecified atom stereocenters. The van der Waals surface area contributed by atoms with E-state index in [9.17, 15) is 4.79 Å². The summed E-state index contributed by atoms with van der Waals surface area (Å²) in [5, 5.41) is 4.76. The molecule has 0 fully saturated rings. The van der Waals surface area contributed by atoms with E-state index in [1.807, 2.05) is 12.1 Å². The van der Waals surface area contributed by atoms with Crippen LogP contribution in [0.2, 0.25) is 10.0 Å². The monoisotopic (exact) mass is 467 g/mol. The zero-order valence-electron chi connectivity index (χ0n) is 18.1. The number of aromatic nitrogens is 3. The molecule has 0 aliphatic rings. The van der Waals surface area contributed by atoms with Crippen molar-refractivity contribution in [2.45, 2.75) is 13.8 Å². The van der Waals surface area contributed by atoms with Gasteiger partial charge in [0.2, 0.25) is 5.95 Å². The minimum absolute atomic E-state index is 0.235. The lowest BCUT2D eigenvalue weighted by atomic mass is 10.1. The summed E-state index contributed by atoms with van der Waals surface area (Å²) in [4.78, 5) is 24.3. The van der Waals surface area contributed by atoms with Gasteiger partial charge in [0.25, 0.3) is 5.56 Å². The first-order valence-electron chi connectivity index (χ1n) is 10.4. The van der Waals surface area contributed by atoms with E-state index in [-0.39, 0.29) is 5.56 Å². The van der Waals surface area contributed by atoms with Crippen molar-refractivity contribution in [1.29, 1.82) is 0 Å². The fourth-order valence-corrected chi connectivity index (χ4v) is 4.32. The van der Waals surface area contributed by atoms with Gasteiger partial charge in [0.15, 0.2) is 0 Å². The van der Waals surface area contributed by atoms with E-state index < -0.39 is 0 Å². The molecule has 0 spiro atoms. The van der Waals surface area contributed by atoms with Crippen LogP contribution in [0, 0.1) is 0 Å². The van der Waals surface area contributed by atoms with Crippen molar-refractivity contribution < 1.29 is 0 Å². The Morgan fingerprint density at radius 1 is 1.03 bits per heavy atom. The van der Waals surface area contributed by atoms with Gasteiger partial charge in [-0.1, -0.05) is 29.3 Å². The van der Waals surface area contributed by atoms with Crippen LogP contribution in [-0.4, -0.2) is 27.6 Å². The topological polar surface area (TPSA) is 63.1 Å². The molecule has 0 saturated carbocycles. The second kappa shape index (κ2) is 9.18. The highest BCUT2D eigenvalue weighted by atomic mass is 35.5. The van der Waals surface area contributed by atoms with E-state index >= 15 is 0 Å². The molecular weight excluding hydrogens is 445 g/mol. The number of pyridine rings is 1. The fraction of sp³-hybridized carbons (Fsp3) is 0.208. The van der Waals surface area contributed by atoms with Gasteiger partial charge in [-0.25, -0.2) is 4.98 Å². The van der Waals surface area contributed by atoms with E-state index in [0.717, 1.165) is 24.5 Å². The van der Waals surface area contributed by atoms with Crippen LogP contribution in [0.15, 0.2) is 59.5 Å². The molecule has 0 bridgehead atoms. The number of nitrogens with zero attached hydrogens (tertiary/aromatic N) is 4. The van der Waals surface area contributed by atoms with Crippen LogP contribution < -0.4 is 15.8 Å². The summed E-state index contributed by atoms with van der Waals surface area (Å²) < 4.78 is 1.49. The van der Waals surface area contributed by atoms with Crippen molar-refractivity contribution in [1.82, 2.24) is 14.5 Å². The first kappa shape index (κ1) is 22.1. The molecular formula is C24H23Cl2N5O. The fourth-order valence-electron chi connectivity index (χ4n) is 3.71. The van der Waals surface area contributed by atoms with Gasteiger partial charge in [0.1, 0.15) is 5.65 Å². The Bertz CT molecular complexity index is 1310. The van der Waals surface area contributed by atoms with Crippen molar-refractivity contribution in [3.8, 4) is 11.1 Å². The van der Waals surface area contributed by atoms with Gasteiger partial charge in [0.05, 0.1) is 15.6 Å². The standard InChI is InChI=1S/C24H23Cl2N5O/c1-4-31(5-2)17-11-9-16(10-12-17)28-24-27-14-15-13-18(23(32)30(3)22(15)29-24)21-19(25)7-6-8-20(21)26/h6-14H,4-5H2,1-3H3,(H,27,28,29). The Balaban J connectivity index is 1.70. The highest BCUT2D eigenvalue weighted by Gasteiger charge is 2.16. The Labute approximate surface area is 196 Å². The summed E-state index contributed by atoms with van der Waals surface area (Å²) in [6.07, 6.45) is 1.68. The summed E-state index contributed by atoms with van der Waals surface area (Å²) >= 11 is 12.7. The predicted molar refractivity (Wildman–Crippen MR) is 134 cm³/mol. The molecule has 6 nitrogen and oxygen atoms in total. The Morgan fingerprint density at radius 2 is 1.69 bits per heavy atom. The third kappa shape index (κ3) is 4.16. The van der Waals surface area contributed by atoms with Crippen LogP contribution in [0.5, 0.6) is 0 Å². The van der Waals surface area contributed by atoms with E-state index in [2.05, 4.69) is 46.2 Å². The molecule has 8 heteroatoms. The minimum Gasteiger partial charge on any atom is -0.372 e. The zero-order valence-corrected chi connectivity index (χ0v) is 19.6. The third-order valence-electron chi connectivity index (χ3n) is 5.43. The van der Waals surface area contributed by atoms with E-state index in [1.165, 1.54) is 4.57 Å². The average molecular weight is 468 g/mol. The molecule has 4 aromatic rings. The molecule has 2 heterocycles. The maximum absolute atomic E-state index is 13.1. The number of hydrogen-bond acceptors (Lipinski definition) is 5. The summed E-state index contributed by atoms with van der Waals surface area (Å²) in [6.45, 7) is 6.17. The van der Waals surface area contributed by atoms with E-state index in [1.54, 1.807) is 37.5 Å². The SMILES string of the molecule is CCN(CC)c1ccc(Nc2ncc3cc(-c4c(Cl)cccc4Cl)c(=O)n(C)c3n2)cc1. The Kier molecular flexibility index (Phi) is 6.35. The van der Waals surface area contributed by atoms with Gasteiger partial charge in [-0.3, -0.25) is 9.36 Å². The number of fused-ring (bicyclic) bond motifs is 1. The Hall–Kier alpha value is -3.09. The van der Waals surface area contributed by atoms with Gasteiger partial charge in [-0.15, -0.1) is 0 Å². The van der Waals surface area contributed by atoms with Crippen molar-refractivity contribution in [3.63, 3.8) is 0 Å². The number of benzene rings is 2. The molecule has 2 aromatic carbocycles. The van der Waals surface area contributed by atoms with Crippen molar-refractivity contribution in [3.05, 3.63) is 75.1 Å². The molecule has 0 radical (unpaired) electrons. The lowest BCUT2D eigenvalue weighted by Crippen LogP contribution is -2.21. The Morgan fingerprint density at radius 3 is 2.31 bits per heavy atom. The largest absolute Gasteiger partial charge is 0.372 e. The van der Waals surface area contributed by atoms with Gasteiger partial charge in [-0.05, 0) is 56.3 Å². The van der Waals surface area contributed by atoms with Crippen LogP contribution in [-0.2, 0) is 7.05 Å². The highest BCUT2D eigenvalue weighted by molar-refractivity contribution is 6.39. The van der Waals surface area contributed by atoms with Gasteiger partial charge in [-0.2, -0.15) is 4.98 Å². The average Bonchev–Trinajstić information content (AvgIpc) is 2.79. The molecule has 1 N–H and O–H groups in total. The van der Waals surface area contributed by atoms with Gasteiger partial charge < -0.3 is 10.2 Å². The second-order valence-electron chi connectivity index (χ2n) is 7.34. The zero-order chi connectivity index (χ0) is 22.8. The normalized spacial score (nSPS) is 11.0. The molecule has 2 aromatic heterocycles. The van der Waals surface area contributed by atoms with Crippen LogP contribution in [0.25, 0.3) is 22.2 Å². The van der Waals surface area contributed by atoms with Gasteiger partial charge >= 0.3 is 0 Å². The smallest absolute Gasteiger partial charge is 0.259 e. The molecule has 4 rings (SSSR count). The van der Waals surface area contributed by atoms with Gasteiger partial charge in [0, 0.05) is 48.7 Å². The maximum Gasteiger partial charge on any atom is 0.259 e. The van der Waals surface area contributed by atoms with Crippen LogP contribution >= 0.6 is 23.2 Å². The minimum atomic E-state index is -0.235. The highest BCUT2D eigenvalue weighted by Crippen LogP contribution is 2.33. The lowest BCUT2D eigenvalue weighted by Gasteiger charge is -2.21. The molecule has 32 heavy (non-hydrogen) atoms. The number of aryl methyl sites for hydroxylation is 1. The van der Waals surface area contributed by atoms with Crippen molar-refractivity contribution in [2.75, 3.05) is 23.3 Å². The quantitative estimate of drug-likeness (QED) is 0.382. The van der Waals surface area contributed by atoms with Crippen molar-refractivity contribution >= 4 is 51.6 Å². The molecule has 0 aliphatic carbocycles. The summed E-state index contributed by atoms with van der Waals surface area (Å²) in [7, 11) is 1.68. The number of rotatable bonds is 6. The maximum atomic E-state index is 13.1. The van der Waals surface area contributed by atoms with E-state index in [4.69, 9.17) is 23.2 Å². The number of anilines is 3. The summed E-state index contributed by atoms with van der Waals surface area (Å²) in [5.74, 6) is 0.409. The molecule has 0 saturated heterocycles. The summed E-state index contributed by atoms with van der Waals surface area (Å²) in [6, 6.07) is 15.0. The summed E-state index contributed by atoms with van der Waals surface area (Å²) in [5.41, 5.74) is 3.22. The predicted octanol–water partition coefficient (Wildman–Crippen LogP) is 5.89. The lowest BCUT2D eigenvalue weighted by molar-refractivity contribution is 0.866. The number of nitrogens with one attached hydrogen (secondary N) is 1. The number of hydrogen-bond donors (Lipinski definition) is 1. The van der Waals surface area contributed by atoms with Crippen molar-refractivity contribution in [2.24, 2.45) is 7.05 Å². The molecule has 0 aliphatic heterocycles. The first-order chi connectivity index (χ1) is 15.4. The van der Waals surface area contributed by atoms with Crippen LogP contribution in [0.1, 0.15) is 13.8 Å². The number of halogens is 2. The first-order valence-corrected chi connectivity index (χ1v) is 11.1. The third-order valence-corrected chi connectivity index (χ3v) is 6.06. The van der Waals surface area contributed by atoms with E-state index in [0.29, 0.717) is 38.2 Å². The molecule has 0 atom stereocenters.